The molecule has 4 rings (SSSR count). The van der Waals surface area contributed by atoms with Gasteiger partial charge < -0.3 is 10.6 Å². The Hall–Kier alpha value is -3.56. The van der Waals surface area contributed by atoms with E-state index in [1.807, 2.05) is 17.5 Å². The number of hydroxylamine groups is 1. The number of hydrogen-bond donors (Lipinski definition) is 4. The van der Waals surface area contributed by atoms with Crippen molar-refractivity contribution < 1.29 is 19.2 Å². The van der Waals surface area contributed by atoms with Gasteiger partial charge in [0.15, 0.2) is 0 Å². The summed E-state index contributed by atoms with van der Waals surface area (Å²) in [7, 11) is 0. The number of nitrogens with zero attached hydrogens (tertiary/aromatic N) is 1. The summed E-state index contributed by atoms with van der Waals surface area (Å²) < 4.78 is 13.4. The van der Waals surface area contributed by atoms with Crippen LogP contribution in [0, 0.1) is 5.82 Å². The van der Waals surface area contributed by atoms with Gasteiger partial charge in [0, 0.05) is 17.5 Å². The van der Waals surface area contributed by atoms with Crippen molar-refractivity contribution in [2.75, 3.05) is 0 Å². The number of halogens is 1. The zero-order valence-corrected chi connectivity index (χ0v) is 17.1. The smallest absolute Gasteiger partial charge is 0.276 e. The summed E-state index contributed by atoms with van der Waals surface area (Å²) in [6, 6.07) is 13.1. The van der Waals surface area contributed by atoms with Gasteiger partial charge in [0.25, 0.3) is 11.8 Å². The zero-order valence-electron chi connectivity index (χ0n) is 16.3. The van der Waals surface area contributed by atoms with Crippen LogP contribution in [0.15, 0.2) is 65.8 Å². The quantitative estimate of drug-likeness (QED) is 0.350. The summed E-state index contributed by atoms with van der Waals surface area (Å²) in [6.45, 7) is 0.158. The third-order valence-electron chi connectivity index (χ3n) is 4.95. The maximum absolute atomic E-state index is 13.4. The molecule has 2 aromatic heterocycles. The normalized spacial score (nSPS) is 15.5. The van der Waals surface area contributed by atoms with Crippen molar-refractivity contribution in [2.45, 2.75) is 19.0 Å². The lowest BCUT2D eigenvalue weighted by Crippen LogP contribution is -2.31. The second kappa shape index (κ2) is 9.07. The average Bonchev–Trinajstić information content (AvgIpc) is 3.48. The molecule has 0 saturated carbocycles. The first kappa shape index (κ1) is 20.7. The molecule has 1 unspecified atom stereocenters. The summed E-state index contributed by atoms with van der Waals surface area (Å²) >= 11 is 1.61. The molecule has 0 bridgehead atoms. The number of amides is 2. The monoisotopic (exact) mass is 438 g/mol. The Labute approximate surface area is 181 Å². The van der Waals surface area contributed by atoms with Crippen LogP contribution in [0.3, 0.4) is 0 Å². The molecule has 0 spiro atoms. The van der Waals surface area contributed by atoms with E-state index in [2.05, 4.69) is 15.6 Å². The van der Waals surface area contributed by atoms with Gasteiger partial charge in [-0.15, -0.1) is 11.3 Å². The Morgan fingerprint density at radius 3 is 2.61 bits per heavy atom. The molecule has 3 heterocycles. The molecular weight excluding hydrogens is 419 g/mol. The molecule has 7 nitrogen and oxygen atoms in total. The van der Waals surface area contributed by atoms with Crippen molar-refractivity contribution in [2.24, 2.45) is 0 Å². The first-order valence-electron chi connectivity index (χ1n) is 9.51. The van der Waals surface area contributed by atoms with Crippen molar-refractivity contribution in [3.05, 3.63) is 93.3 Å². The van der Waals surface area contributed by atoms with E-state index in [1.54, 1.807) is 35.0 Å². The van der Waals surface area contributed by atoms with Crippen molar-refractivity contribution in [1.82, 2.24) is 21.1 Å². The Bertz CT molecular complexity index is 1110. The van der Waals surface area contributed by atoms with E-state index in [0.29, 0.717) is 17.8 Å². The van der Waals surface area contributed by atoms with Gasteiger partial charge in [0.05, 0.1) is 23.8 Å². The van der Waals surface area contributed by atoms with E-state index in [9.17, 15) is 14.0 Å². The minimum atomic E-state index is -0.660. The second-order valence-electron chi connectivity index (χ2n) is 6.94. The molecule has 4 N–H and O–H groups in total. The Morgan fingerprint density at radius 2 is 1.97 bits per heavy atom. The predicted octanol–water partition coefficient (Wildman–Crippen LogP) is 3.16. The molecule has 1 aliphatic heterocycles. The van der Waals surface area contributed by atoms with E-state index in [1.165, 1.54) is 24.4 Å². The van der Waals surface area contributed by atoms with Gasteiger partial charge in [0.1, 0.15) is 11.5 Å². The summed E-state index contributed by atoms with van der Waals surface area (Å²) in [5, 5.41) is 16.8. The summed E-state index contributed by atoms with van der Waals surface area (Å²) in [5.41, 5.74) is 4.35. The minimum Gasteiger partial charge on any atom is -0.372 e. The fraction of sp³-hybridized carbons (Fsp3) is 0.136. The van der Waals surface area contributed by atoms with Crippen LogP contribution in [0.4, 0.5) is 4.39 Å². The number of thiophene rings is 1. The molecular formula is C22H19FN4O3S. The Morgan fingerprint density at radius 1 is 1.16 bits per heavy atom. The SMILES string of the molecule is O=C(NCc1ccc(C(=O)NO)cn1)C1=C(c2ccc(F)cc2)CC(c2cccs2)N1. The Kier molecular flexibility index (Phi) is 6.06. The lowest BCUT2D eigenvalue weighted by molar-refractivity contribution is -0.118. The maximum Gasteiger partial charge on any atom is 0.276 e. The molecule has 3 aromatic rings. The summed E-state index contributed by atoms with van der Waals surface area (Å²) in [4.78, 5) is 29.6. The zero-order chi connectivity index (χ0) is 21.8. The van der Waals surface area contributed by atoms with Crippen molar-refractivity contribution in [1.29, 1.82) is 0 Å². The number of benzene rings is 1. The fourth-order valence-electron chi connectivity index (χ4n) is 3.38. The van der Waals surface area contributed by atoms with Crippen LogP contribution in [0.5, 0.6) is 0 Å². The van der Waals surface area contributed by atoms with Gasteiger partial charge in [-0.2, -0.15) is 0 Å². The minimum absolute atomic E-state index is 0.0322. The fourth-order valence-corrected chi connectivity index (χ4v) is 4.16. The topological polar surface area (TPSA) is 103 Å². The van der Waals surface area contributed by atoms with Crippen LogP contribution in [0.1, 0.15) is 39.0 Å². The van der Waals surface area contributed by atoms with E-state index >= 15 is 0 Å². The number of carbonyl (C=O) groups is 2. The van der Waals surface area contributed by atoms with E-state index in [4.69, 9.17) is 5.21 Å². The first-order chi connectivity index (χ1) is 15.0. The molecule has 1 aliphatic rings. The summed E-state index contributed by atoms with van der Waals surface area (Å²) in [5.74, 6) is -1.29. The molecule has 0 saturated heterocycles. The highest BCUT2D eigenvalue weighted by atomic mass is 32.1. The van der Waals surface area contributed by atoms with Gasteiger partial charge in [-0.25, -0.2) is 9.87 Å². The van der Waals surface area contributed by atoms with Crippen molar-refractivity contribution in [3.63, 3.8) is 0 Å². The third-order valence-corrected chi connectivity index (χ3v) is 5.94. The maximum atomic E-state index is 13.4. The third kappa shape index (κ3) is 4.62. The Balaban J connectivity index is 1.52. The lowest BCUT2D eigenvalue weighted by atomic mass is 10.00. The molecule has 0 aliphatic carbocycles. The van der Waals surface area contributed by atoms with Gasteiger partial charge in [0.2, 0.25) is 0 Å². The molecule has 1 atom stereocenters. The largest absolute Gasteiger partial charge is 0.372 e. The van der Waals surface area contributed by atoms with Gasteiger partial charge in [-0.05, 0) is 46.8 Å². The number of hydrogen-bond acceptors (Lipinski definition) is 6. The number of pyridine rings is 1. The molecule has 31 heavy (non-hydrogen) atoms. The van der Waals surface area contributed by atoms with Crippen LogP contribution in [0.25, 0.3) is 5.57 Å². The molecule has 2 amide bonds. The van der Waals surface area contributed by atoms with Crippen LogP contribution in [-0.4, -0.2) is 22.0 Å². The lowest BCUT2D eigenvalue weighted by Gasteiger charge is -2.12. The van der Waals surface area contributed by atoms with Gasteiger partial charge in [-0.3, -0.25) is 19.8 Å². The highest BCUT2D eigenvalue weighted by molar-refractivity contribution is 7.10. The molecule has 1 aromatic carbocycles. The number of carbonyl (C=O) groups excluding carboxylic acids is 2. The highest BCUT2D eigenvalue weighted by Gasteiger charge is 2.30. The number of aromatic nitrogens is 1. The molecule has 0 fully saturated rings. The van der Waals surface area contributed by atoms with Gasteiger partial charge in [-0.1, -0.05) is 18.2 Å². The van der Waals surface area contributed by atoms with Crippen molar-refractivity contribution in [3.8, 4) is 0 Å². The summed E-state index contributed by atoms with van der Waals surface area (Å²) in [6.07, 6.45) is 1.93. The van der Waals surface area contributed by atoms with Crippen LogP contribution in [-0.2, 0) is 11.3 Å². The van der Waals surface area contributed by atoms with E-state index < -0.39 is 5.91 Å². The van der Waals surface area contributed by atoms with E-state index in [-0.39, 0.29) is 29.9 Å². The highest BCUT2D eigenvalue weighted by Crippen LogP contribution is 2.37. The van der Waals surface area contributed by atoms with Crippen LogP contribution >= 0.6 is 11.3 Å². The second-order valence-corrected chi connectivity index (χ2v) is 7.92. The van der Waals surface area contributed by atoms with Crippen LogP contribution < -0.4 is 16.1 Å². The molecule has 158 valence electrons. The average molecular weight is 438 g/mol. The number of rotatable bonds is 6. The predicted molar refractivity (Wildman–Crippen MR) is 113 cm³/mol. The van der Waals surface area contributed by atoms with Crippen molar-refractivity contribution >= 4 is 28.7 Å². The first-order valence-corrected chi connectivity index (χ1v) is 10.4. The van der Waals surface area contributed by atoms with E-state index in [0.717, 1.165) is 16.0 Å². The molecule has 0 radical (unpaired) electrons. The molecule has 9 heteroatoms. The number of nitrogens with one attached hydrogen (secondary N) is 3. The van der Waals surface area contributed by atoms with Gasteiger partial charge >= 0.3 is 0 Å². The van der Waals surface area contributed by atoms with Crippen LogP contribution in [0.2, 0.25) is 0 Å². The standard InChI is InChI=1S/C22H19FN4O3S/c23-15-6-3-13(4-7-15)17-10-18(19-2-1-9-31-19)26-20(17)22(29)25-12-16-8-5-14(11-24-16)21(28)27-30/h1-9,11,18,26,30H,10,12H2,(H,25,29)(H,27,28).